The van der Waals surface area contributed by atoms with Crippen molar-refractivity contribution in [2.24, 2.45) is 17.8 Å². The van der Waals surface area contributed by atoms with E-state index in [0.29, 0.717) is 18.2 Å². The zero-order valence-corrected chi connectivity index (χ0v) is 22.9. The predicted octanol–water partition coefficient (Wildman–Crippen LogP) is 5.32. The minimum atomic E-state index is 0.295. The van der Waals surface area contributed by atoms with Gasteiger partial charge >= 0.3 is 0 Å². The number of epoxide rings is 1. The molecule has 1 aromatic carbocycles. The summed E-state index contributed by atoms with van der Waals surface area (Å²) < 4.78 is 6.06. The number of likely N-dealkylation sites (tertiary alicyclic amines) is 2. The number of thiazole rings is 1. The molecule has 0 bridgehead atoms. The molecule has 6 heteroatoms. The van der Waals surface area contributed by atoms with E-state index in [-0.39, 0.29) is 0 Å². The van der Waals surface area contributed by atoms with Crippen LogP contribution in [0, 0.1) is 31.6 Å². The summed E-state index contributed by atoms with van der Waals surface area (Å²) in [5, 5.41) is 4.84. The van der Waals surface area contributed by atoms with Crippen LogP contribution in [-0.2, 0) is 11.3 Å². The first-order valence-corrected chi connectivity index (χ1v) is 14.6. The third-order valence-electron chi connectivity index (χ3n) is 8.21. The average Bonchev–Trinajstić information content (AvgIpc) is 3.52. The minimum Gasteiger partial charge on any atom is -0.353 e. The van der Waals surface area contributed by atoms with Crippen LogP contribution in [0.2, 0.25) is 0 Å². The van der Waals surface area contributed by atoms with Gasteiger partial charge in [-0.05, 0) is 89.0 Å². The van der Waals surface area contributed by atoms with Crippen molar-refractivity contribution in [1.29, 1.82) is 0 Å². The molecule has 3 saturated heterocycles. The maximum atomic E-state index is 6.06. The van der Waals surface area contributed by atoms with Gasteiger partial charge in [-0.1, -0.05) is 38.1 Å². The molecule has 3 aliphatic heterocycles. The van der Waals surface area contributed by atoms with Crippen LogP contribution < -0.4 is 5.32 Å². The van der Waals surface area contributed by atoms with E-state index in [1.807, 2.05) is 11.3 Å². The lowest BCUT2D eigenvalue weighted by Gasteiger charge is -2.34. The van der Waals surface area contributed by atoms with Crippen molar-refractivity contribution in [3.63, 3.8) is 0 Å². The summed E-state index contributed by atoms with van der Waals surface area (Å²) in [6.45, 7) is 17.3. The highest BCUT2D eigenvalue weighted by Crippen LogP contribution is 2.35. The summed E-state index contributed by atoms with van der Waals surface area (Å²) in [6.07, 6.45) is 5.81. The highest BCUT2D eigenvalue weighted by Gasteiger charge is 2.45. The van der Waals surface area contributed by atoms with Gasteiger partial charge in [-0.15, -0.1) is 11.3 Å². The fourth-order valence-electron chi connectivity index (χ4n) is 6.32. The monoisotopic (exact) mass is 496 g/mol. The highest BCUT2D eigenvalue weighted by molar-refractivity contribution is 7.15. The number of rotatable bonds is 9. The summed E-state index contributed by atoms with van der Waals surface area (Å²) in [5.74, 6) is 2.40. The molecule has 5 nitrogen and oxygen atoms in total. The SMILES string of the molecule is Cc1ccccc1-c1nc(CN2CCC(C3OC3NCCCN3C[C@H](C)C[C@H](C)C3)CC2)c(C)s1. The molecule has 0 spiro atoms. The van der Waals surface area contributed by atoms with Crippen molar-refractivity contribution in [2.75, 3.05) is 39.3 Å². The summed E-state index contributed by atoms with van der Waals surface area (Å²) >= 11 is 1.84. The molecule has 2 aromatic rings. The largest absolute Gasteiger partial charge is 0.353 e. The van der Waals surface area contributed by atoms with Crippen LogP contribution in [0.4, 0.5) is 0 Å². The van der Waals surface area contributed by atoms with E-state index in [0.717, 1.165) is 43.0 Å². The van der Waals surface area contributed by atoms with E-state index in [1.54, 1.807) is 0 Å². The molecule has 0 saturated carbocycles. The third kappa shape index (κ3) is 6.53. The molecule has 3 aliphatic rings. The molecule has 35 heavy (non-hydrogen) atoms. The van der Waals surface area contributed by atoms with Crippen molar-refractivity contribution >= 4 is 11.3 Å². The van der Waals surface area contributed by atoms with Crippen LogP contribution in [-0.4, -0.2) is 66.4 Å². The smallest absolute Gasteiger partial charge is 0.135 e. The number of nitrogens with one attached hydrogen (secondary N) is 1. The lowest BCUT2D eigenvalue weighted by atomic mass is 9.92. The number of aromatic nitrogens is 1. The second-order valence-corrected chi connectivity index (χ2v) is 12.7. The van der Waals surface area contributed by atoms with Crippen LogP contribution in [0.25, 0.3) is 10.6 Å². The van der Waals surface area contributed by atoms with Gasteiger partial charge in [0.15, 0.2) is 0 Å². The van der Waals surface area contributed by atoms with Gasteiger partial charge in [0.1, 0.15) is 17.3 Å². The van der Waals surface area contributed by atoms with E-state index in [4.69, 9.17) is 9.72 Å². The Kier molecular flexibility index (Phi) is 8.25. The number of hydrogen-bond donors (Lipinski definition) is 1. The van der Waals surface area contributed by atoms with Crippen LogP contribution in [0.3, 0.4) is 0 Å². The minimum absolute atomic E-state index is 0.295. The van der Waals surface area contributed by atoms with Crippen molar-refractivity contribution in [3.8, 4) is 10.6 Å². The Morgan fingerprint density at radius 3 is 2.54 bits per heavy atom. The lowest BCUT2D eigenvalue weighted by molar-refractivity contribution is 0.139. The normalized spacial score (nSPS) is 28.5. The summed E-state index contributed by atoms with van der Waals surface area (Å²) in [6, 6.07) is 8.58. The van der Waals surface area contributed by atoms with Gasteiger partial charge < -0.3 is 9.64 Å². The Morgan fingerprint density at radius 2 is 1.80 bits per heavy atom. The number of aryl methyl sites for hydroxylation is 2. The van der Waals surface area contributed by atoms with Crippen molar-refractivity contribution in [1.82, 2.24) is 20.1 Å². The summed E-state index contributed by atoms with van der Waals surface area (Å²) in [7, 11) is 0. The van der Waals surface area contributed by atoms with Crippen LogP contribution in [0.5, 0.6) is 0 Å². The first kappa shape index (κ1) is 25.3. The second kappa shape index (κ2) is 11.4. The lowest BCUT2D eigenvalue weighted by Crippen LogP contribution is -2.40. The van der Waals surface area contributed by atoms with E-state index < -0.39 is 0 Å². The van der Waals surface area contributed by atoms with Gasteiger partial charge in [-0.3, -0.25) is 10.2 Å². The standard InChI is InChI=1S/C29H44N4OS/c1-20-16-21(2)18-33(17-20)13-7-12-30-28-27(34-28)24-10-14-32(15-11-24)19-26-23(4)35-29(31-26)25-9-6-5-8-22(25)3/h5-6,8-9,20-21,24,27-28,30H,7,10-19H2,1-4H3/t20-,21+,27?,28?. The van der Waals surface area contributed by atoms with Gasteiger partial charge in [0.2, 0.25) is 0 Å². The molecule has 1 N–H and O–H groups in total. The van der Waals surface area contributed by atoms with Crippen molar-refractivity contribution in [3.05, 3.63) is 40.4 Å². The summed E-state index contributed by atoms with van der Waals surface area (Å²) in [5.41, 5.74) is 3.83. The van der Waals surface area contributed by atoms with E-state index >= 15 is 0 Å². The number of ether oxygens (including phenoxy) is 1. The molecule has 0 aliphatic carbocycles. The van der Waals surface area contributed by atoms with Gasteiger partial charge in [0.25, 0.3) is 0 Å². The molecule has 0 radical (unpaired) electrons. The van der Waals surface area contributed by atoms with Gasteiger partial charge in [0.05, 0.1) is 5.69 Å². The molecule has 192 valence electrons. The average molecular weight is 497 g/mol. The fourth-order valence-corrected chi connectivity index (χ4v) is 7.34. The molecular formula is C29H44N4OS. The third-order valence-corrected chi connectivity index (χ3v) is 9.25. The first-order chi connectivity index (χ1) is 17.0. The van der Waals surface area contributed by atoms with Crippen molar-refractivity contribution < 1.29 is 4.74 Å². The molecule has 4 atom stereocenters. The topological polar surface area (TPSA) is 43.9 Å². The van der Waals surface area contributed by atoms with Crippen LogP contribution in [0.15, 0.2) is 24.3 Å². The van der Waals surface area contributed by atoms with E-state index in [9.17, 15) is 0 Å². The van der Waals surface area contributed by atoms with Crippen LogP contribution in [0.1, 0.15) is 55.7 Å². The van der Waals surface area contributed by atoms with E-state index in [2.05, 4.69) is 67.1 Å². The molecule has 4 heterocycles. The highest BCUT2D eigenvalue weighted by atomic mass is 32.1. The molecular weight excluding hydrogens is 452 g/mol. The Morgan fingerprint density at radius 1 is 1.06 bits per heavy atom. The van der Waals surface area contributed by atoms with Gasteiger partial charge in [0, 0.05) is 30.1 Å². The van der Waals surface area contributed by atoms with Crippen molar-refractivity contribution in [2.45, 2.75) is 72.3 Å². The van der Waals surface area contributed by atoms with Gasteiger partial charge in [-0.25, -0.2) is 4.98 Å². The number of nitrogens with zero attached hydrogens (tertiary/aromatic N) is 3. The zero-order valence-electron chi connectivity index (χ0n) is 22.1. The Bertz CT molecular complexity index is 959. The number of hydrogen-bond acceptors (Lipinski definition) is 6. The molecule has 5 rings (SSSR count). The maximum Gasteiger partial charge on any atom is 0.135 e. The molecule has 3 fully saturated rings. The Labute approximate surface area is 216 Å². The van der Waals surface area contributed by atoms with Gasteiger partial charge in [-0.2, -0.15) is 0 Å². The first-order valence-electron chi connectivity index (χ1n) is 13.8. The van der Waals surface area contributed by atoms with E-state index in [1.165, 1.54) is 67.0 Å². The maximum absolute atomic E-state index is 6.06. The predicted molar refractivity (Wildman–Crippen MR) is 146 cm³/mol. The van der Waals surface area contributed by atoms with Crippen LogP contribution >= 0.6 is 11.3 Å². The molecule has 0 amide bonds. The Hall–Kier alpha value is -1.31. The Balaban J connectivity index is 1.01. The quantitative estimate of drug-likeness (QED) is 0.376. The summed E-state index contributed by atoms with van der Waals surface area (Å²) in [4.78, 5) is 11.6. The number of benzene rings is 1. The zero-order chi connectivity index (χ0) is 24.4. The molecule has 1 aromatic heterocycles. The second-order valence-electron chi connectivity index (χ2n) is 11.5. The number of piperidine rings is 2. The molecule has 2 unspecified atom stereocenters. The fraction of sp³-hybridized carbons (Fsp3) is 0.690.